The van der Waals surface area contributed by atoms with Crippen molar-refractivity contribution in [2.75, 3.05) is 19.8 Å². The first-order valence-electron chi connectivity index (χ1n) is 7.98. The summed E-state index contributed by atoms with van der Waals surface area (Å²) < 4.78 is 11.3. The van der Waals surface area contributed by atoms with Crippen LogP contribution < -0.4 is 9.47 Å². The Hall–Kier alpha value is -2.49. The normalized spacial score (nSPS) is 16.0. The number of hydrogen-bond donors (Lipinski definition) is 0. The molecule has 2 heterocycles. The fourth-order valence-corrected chi connectivity index (χ4v) is 3.25. The van der Waals surface area contributed by atoms with E-state index in [1.165, 1.54) is 5.56 Å². The highest BCUT2D eigenvalue weighted by atomic mass is 16.6. The van der Waals surface area contributed by atoms with Crippen molar-refractivity contribution < 1.29 is 14.3 Å². The summed E-state index contributed by atoms with van der Waals surface area (Å²) in [5.74, 6) is 1.72. The summed E-state index contributed by atoms with van der Waals surface area (Å²) in [6.07, 6.45) is 0.851. The van der Waals surface area contributed by atoms with Gasteiger partial charge in [0.15, 0.2) is 11.5 Å². The van der Waals surface area contributed by atoms with Crippen molar-refractivity contribution in [1.29, 1.82) is 0 Å². The minimum absolute atomic E-state index is 0.101. The predicted octanol–water partition coefficient (Wildman–Crippen LogP) is 2.96. The van der Waals surface area contributed by atoms with E-state index in [0.717, 1.165) is 41.2 Å². The number of benzene rings is 2. The molecule has 0 saturated carbocycles. The molecule has 0 unspecified atom stereocenters. The second-order valence-electron chi connectivity index (χ2n) is 6.06. The van der Waals surface area contributed by atoms with Crippen molar-refractivity contribution in [1.82, 2.24) is 4.90 Å². The van der Waals surface area contributed by atoms with Gasteiger partial charge in [-0.2, -0.15) is 0 Å². The van der Waals surface area contributed by atoms with Crippen molar-refractivity contribution >= 4 is 5.91 Å². The molecule has 0 saturated heterocycles. The number of ether oxygens (including phenoxy) is 2. The Morgan fingerprint density at radius 1 is 1.04 bits per heavy atom. The summed E-state index contributed by atoms with van der Waals surface area (Å²) in [6, 6.07) is 11.9. The Bertz CT molecular complexity index is 769. The molecule has 2 aliphatic rings. The third-order valence-corrected chi connectivity index (χ3v) is 4.54. The summed E-state index contributed by atoms with van der Waals surface area (Å²) in [6.45, 7) is 4.52. The lowest BCUT2D eigenvalue weighted by molar-refractivity contribution is 0.0733. The fourth-order valence-electron chi connectivity index (χ4n) is 3.25. The Morgan fingerprint density at radius 2 is 1.74 bits per heavy atom. The standard InChI is InChI=1S/C19H19NO3/c1-13-4-2-3-5-16(13)19(21)20-7-6-14-10-17-18(11-15(14)12-20)23-9-8-22-17/h2-5,10-11H,6-9,12H2,1H3. The Kier molecular flexibility index (Phi) is 3.45. The van der Waals surface area contributed by atoms with Crippen LogP contribution in [0.2, 0.25) is 0 Å². The number of hydrogen-bond acceptors (Lipinski definition) is 3. The molecule has 0 radical (unpaired) electrons. The molecule has 2 aliphatic heterocycles. The highest BCUT2D eigenvalue weighted by molar-refractivity contribution is 5.95. The average Bonchev–Trinajstić information content (AvgIpc) is 2.59. The first-order chi connectivity index (χ1) is 11.2. The van der Waals surface area contributed by atoms with Gasteiger partial charge in [0.05, 0.1) is 0 Å². The zero-order valence-corrected chi connectivity index (χ0v) is 13.2. The summed E-state index contributed by atoms with van der Waals surface area (Å²) in [5, 5.41) is 0. The van der Waals surface area contributed by atoms with Gasteiger partial charge >= 0.3 is 0 Å². The van der Waals surface area contributed by atoms with Crippen LogP contribution in [0.3, 0.4) is 0 Å². The van der Waals surface area contributed by atoms with Gasteiger partial charge in [-0.3, -0.25) is 4.79 Å². The summed E-state index contributed by atoms with van der Waals surface area (Å²) in [5.41, 5.74) is 4.21. The van der Waals surface area contributed by atoms with Gasteiger partial charge in [0, 0.05) is 18.7 Å². The lowest BCUT2D eigenvalue weighted by atomic mass is 9.97. The SMILES string of the molecule is Cc1ccccc1C(=O)N1CCc2cc3c(cc2C1)OCCO3. The maximum Gasteiger partial charge on any atom is 0.254 e. The maximum absolute atomic E-state index is 12.8. The van der Waals surface area contributed by atoms with Crippen LogP contribution >= 0.6 is 0 Å². The summed E-state index contributed by atoms with van der Waals surface area (Å²) in [7, 11) is 0. The fraction of sp³-hybridized carbons (Fsp3) is 0.316. The van der Waals surface area contributed by atoms with Crippen molar-refractivity contribution in [3.05, 3.63) is 58.7 Å². The van der Waals surface area contributed by atoms with Gasteiger partial charge in [0.2, 0.25) is 0 Å². The molecule has 0 fully saturated rings. The van der Waals surface area contributed by atoms with Crippen LogP contribution in [0.4, 0.5) is 0 Å². The van der Waals surface area contributed by atoms with E-state index in [-0.39, 0.29) is 5.91 Å². The Balaban J connectivity index is 1.61. The van der Waals surface area contributed by atoms with E-state index in [0.29, 0.717) is 19.8 Å². The predicted molar refractivity (Wildman–Crippen MR) is 87.1 cm³/mol. The van der Waals surface area contributed by atoms with E-state index in [1.807, 2.05) is 42.2 Å². The molecule has 0 aromatic heterocycles. The van der Waals surface area contributed by atoms with E-state index < -0.39 is 0 Å². The highest BCUT2D eigenvalue weighted by Gasteiger charge is 2.25. The third-order valence-electron chi connectivity index (χ3n) is 4.54. The van der Waals surface area contributed by atoms with Gasteiger partial charge in [0.1, 0.15) is 13.2 Å². The number of carbonyl (C=O) groups excluding carboxylic acids is 1. The Labute approximate surface area is 135 Å². The van der Waals surface area contributed by atoms with Crippen LogP contribution in [0.5, 0.6) is 11.5 Å². The van der Waals surface area contributed by atoms with Crippen LogP contribution in [0.15, 0.2) is 36.4 Å². The quantitative estimate of drug-likeness (QED) is 0.813. The number of carbonyl (C=O) groups is 1. The molecule has 0 aliphatic carbocycles. The molecular formula is C19H19NO3. The van der Waals surface area contributed by atoms with Gasteiger partial charge in [0.25, 0.3) is 5.91 Å². The smallest absolute Gasteiger partial charge is 0.254 e. The second kappa shape index (κ2) is 5.61. The number of fused-ring (bicyclic) bond motifs is 2. The summed E-state index contributed by atoms with van der Waals surface area (Å²) in [4.78, 5) is 14.7. The molecule has 0 bridgehead atoms. The van der Waals surface area contributed by atoms with Crippen molar-refractivity contribution in [3.63, 3.8) is 0 Å². The third kappa shape index (κ3) is 2.54. The molecule has 2 aromatic carbocycles. The maximum atomic E-state index is 12.8. The molecule has 4 heteroatoms. The highest BCUT2D eigenvalue weighted by Crippen LogP contribution is 2.35. The lowest BCUT2D eigenvalue weighted by Crippen LogP contribution is -2.36. The molecule has 23 heavy (non-hydrogen) atoms. The molecule has 0 N–H and O–H groups in total. The molecule has 1 amide bonds. The van der Waals surface area contributed by atoms with E-state index in [1.54, 1.807) is 0 Å². The minimum Gasteiger partial charge on any atom is -0.486 e. The second-order valence-corrected chi connectivity index (χ2v) is 6.06. The van der Waals surface area contributed by atoms with E-state index in [9.17, 15) is 4.79 Å². The molecule has 0 atom stereocenters. The van der Waals surface area contributed by atoms with Crippen molar-refractivity contribution in [3.8, 4) is 11.5 Å². The number of rotatable bonds is 1. The van der Waals surface area contributed by atoms with Crippen molar-refractivity contribution in [2.45, 2.75) is 19.9 Å². The zero-order chi connectivity index (χ0) is 15.8. The van der Waals surface area contributed by atoms with Crippen molar-refractivity contribution in [2.24, 2.45) is 0 Å². The van der Waals surface area contributed by atoms with Gasteiger partial charge in [-0.15, -0.1) is 0 Å². The topological polar surface area (TPSA) is 38.8 Å². The van der Waals surface area contributed by atoms with E-state index in [2.05, 4.69) is 6.07 Å². The summed E-state index contributed by atoms with van der Waals surface area (Å²) >= 11 is 0. The first-order valence-corrected chi connectivity index (χ1v) is 7.98. The number of amides is 1. The van der Waals surface area contributed by atoms with E-state index in [4.69, 9.17) is 9.47 Å². The van der Waals surface area contributed by atoms with Gasteiger partial charge < -0.3 is 14.4 Å². The van der Waals surface area contributed by atoms with Gasteiger partial charge in [-0.05, 0) is 48.2 Å². The van der Waals surface area contributed by atoms with Crippen LogP contribution in [-0.4, -0.2) is 30.6 Å². The largest absolute Gasteiger partial charge is 0.486 e. The monoisotopic (exact) mass is 309 g/mol. The number of aryl methyl sites for hydroxylation is 1. The van der Waals surface area contributed by atoms with Crippen LogP contribution in [-0.2, 0) is 13.0 Å². The molecular weight excluding hydrogens is 290 g/mol. The van der Waals surface area contributed by atoms with E-state index >= 15 is 0 Å². The van der Waals surface area contributed by atoms with Gasteiger partial charge in [-0.1, -0.05) is 18.2 Å². The molecule has 118 valence electrons. The molecule has 2 aromatic rings. The van der Waals surface area contributed by atoms with Gasteiger partial charge in [-0.25, -0.2) is 0 Å². The molecule has 4 rings (SSSR count). The minimum atomic E-state index is 0.101. The van der Waals surface area contributed by atoms with Crippen LogP contribution in [0.25, 0.3) is 0 Å². The number of nitrogens with zero attached hydrogens (tertiary/aromatic N) is 1. The average molecular weight is 309 g/mol. The first kappa shape index (κ1) is 14.1. The van der Waals surface area contributed by atoms with Crippen LogP contribution in [0.1, 0.15) is 27.0 Å². The zero-order valence-electron chi connectivity index (χ0n) is 13.2. The molecule has 4 nitrogen and oxygen atoms in total. The molecule has 0 spiro atoms. The lowest BCUT2D eigenvalue weighted by Gasteiger charge is -2.31. The Morgan fingerprint density at radius 3 is 2.48 bits per heavy atom. The van der Waals surface area contributed by atoms with Crippen LogP contribution in [0, 0.1) is 6.92 Å².